The van der Waals surface area contributed by atoms with Crippen LogP contribution in [-0.2, 0) is 12.8 Å². The molecule has 2 unspecified atom stereocenters. The highest BCUT2D eigenvalue weighted by atomic mass is 33.1. The fourth-order valence-electron chi connectivity index (χ4n) is 8.36. The van der Waals surface area contributed by atoms with Gasteiger partial charge in [0.15, 0.2) is 11.5 Å². The zero-order valence-corrected chi connectivity index (χ0v) is 32.3. The van der Waals surface area contributed by atoms with E-state index in [4.69, 9.17) is 9.15 Å². The van der Waals surface area contributed by atoms with E-state index >= 15 is 0 Å². The van der Waals surface area contributed by atoms with E-state index in [1.54, 1.807) is 51.9 Å². The summed E-state index contributed by atoms with van der Waals surface area (Å²) < 4.78 is 12.5. The molecule has 286 valence electrons. The molecule has 1 aliphatic carbocycles. The number of aromatic hydroxyl groups is 4. The molecule has 2 aliphatic heterocycles. The Labute approximate surface area is 323 Å². The van der Waals surface area contributed by atoms with E-state index in [-0.39, 0.29) is 68.3 Å². The van der Waals surface area contributed by atoms with Crippen LogP contribution in [0, 0.1) is 23.7 Å². The second-order valence-corrected chi connectivity index (χ2v) is 18.2. The smallest absolute Gasteiger partial charge is 0.238 e. The van der Waals surface area contributed by atoms with Gasteiger partial charge in [0, 0.05) is 30.2 Å². The van der Waals surface area contributed by atoms with Crippen molar-refractivity contribution < 1.29 is 39.8 Å². The van der Waals surface area contributed by atoms with E-state index in [0.717, 1.165) is 43.4 Å². The summed E-state index contributed by atoms with van der Waals surface area (Å²) >= 11 is 0. The van der Waals surface area contributed by atoms with Gasteiger partial charge in [0.05, 0.1) is 17.0 Å². The van der Waals surface area contributed by atoms with Crippen LogP contribution in [0.2, 0.25) is 0 Å². The standard InChI is InChI=1S/C43H48O9S2/c1-24(2)18-26-21-28(22-27(38(26)48)19-25-8-5-11-30(44)20-25)41-40(50)39(49)37-35(52-41)23-33(46)31-12-6-10-29-9-3-4-16-43(29)36(47)15-14-34(51-42(31)37)32(45)13-7-17-53-54-43/h5,8,11,20-24,29,32,34,36,44-48,50H,3-4,7,9-10,13-19H2,1-2H3/t29?,32-,34?,36-,43+/m1/s1. The molecular weight excluding hydrogens is 725 g/mol. The van der Waals surface area contributed by atoms with Gasteiger partial charge in [-0.15, -0.1) is 0 Å². The molecule has 6 N–H and O–H groups in total. The molecule has 0 radical (unpaired) electrons. The van der Waals surface area contributed by atoms with Crippen LogP contribution in [0.3, 0.4) is 0 Å². The molecule has 2 bridgehead atoms. The summed E-state index contributed by atoms with van der Waals surface area (Å²) in [6, 6.07) is 11.4. The van der Waals surface area contributed by atoms with E-state index in [9.17, 15) is 35.4 Å². The lowest BCUT2D eigenvalue weighted by atomic mass is 9.72. The van der Waals surface area contributed by atoms with Crippen molar-refractivity contribution in [3.63, 3.8) is 0 Å². The van der Waals surface area contributed by atoms with E-state index < -0.39 is 29.5 Å². The number of phenolic OH excluding ortho intramolecular Hbond substituents is 3. The van der Waals surface area contributed by atoms with Gasteiger partial charge in [-0.25, -0.2) is 0 Å². The van der Waals surface area contributed by atoms with E-state index in [0.29, 0.717) is 48.8 Å². The first-order chi connectivity index (χ1) is 25.9. The zero-order chi connectivity index (χ0) is 38.1. The minimum atomic E-state index is -0.929. The predicted molar refractivity (Wildman–Crippen MR) is 213 cm³/mol. The third kappa shape index (κ3) is 7.63. The number of aliphatic hydroxyl groups is 2. The van der Waals surface area contributed by atoms with Crippen LogP contribution >= 0.6 is 21.6 Å². The van der Waals surface area contributed by atoms with Gasteiger partial charge in [0.25, 0.3) is 0 Å². The lowest BCUT2D eigenvalue weighted by Crippen LogP contribution is -2.48. The highest BCUT2D eigenvalue weighted by Crippen LogP contribution is 2.54. The first kappa shape index (κ1) is 38.3. The number of hydrogen-bond acceptors (Lipinski definition) is 11. The molecule has 1 aromatic heterocycles. The van der Waals surface area contributed by atoms with Crippen LogP contribution in [0.4, 0.5) is 0 Å². The summed E-state index contributed by atoms with van der Waals surface area (Å²) in [6.07, 6.45) is 4.53. The molecule has 9 nitrogen and oxygen atoms in total. The van der Waals surface area contributed by atoms with Crippen molar-refractivity contribution in [2.75, 3.05) is 5.75 Å². The Morgan fingerprint density at radius 2 is 1.76 bits per heavy atom. The molecular formula is C43H48O9S2. The minimum Gasteiger partial charge on any atom is -0.508 e. The van der Waals surface area contributed by atoms with Crippen LogP contribution < -0.4 is 10.2 Å². The first-order valence-corrected chi connectivity index (χ1v) is 21.3. The molecule has 54 heavy (non-hydrogen) atoms. The number of rotatable bonds is 5. The number of hydrogen-bond donors (Lipinski definition) is 6. The Bertz CT molecular complexity index is 2150. The van der Waals surface area contributed by atoms with Crippen molar-refractivity contribution in [1.29, 1.82) is 0 Å². The highest BCUT2D eigenvalue weighted by Gasteiger charge is 2.47. The zero-order valence-electron chi connectivity index (χ0n) is 30.6. The summed E-state index contributed by atoms with van der Waals surface area (Å²) in [4.78, 5) is 14.4. The van der Waals surface area contributed by atoms with Gasteiger partial charge in [0.1, 0.15) is 39.9 Å². The normalized spacial score (nSPS) is 24.7. The van der Waals surface area contributed by atoms with Gasteiger partial charge in [-0.05, 0) is 97.7 Å². The number of fused-ring (bicyclic) bond motifs is 6. The van der Waals surface area contributed by atoms with Crippen molar-refractivity contribution in [2.45, 2.75) is 108 Å². The van der Waals surface area contributed by atoms with Crippen molar-refractivity contribution in [2.24, 2.45) is 11.8 Å². The summed E-state index contributed by atoms with van der Waals surface area (Å²) in [5.74, 6) is 6.43. The molecule has 7 rings (SSSR count). The van der Waals surface area contributed by atoms with Crippen LogP contribution in [0.1, 0.15) is 93.9 Å². The maximum Gasteiger partial charge on any atom is 0.238 e. The summed E-state index contributed by atoms with van der Waals surface area (Å²) in [6.45, 7) is 4.04. The van der Waals surface area contributed by atoms with Crippen molar-refractivity contribution >= 4 is 32.6 Å². The lowest BCUT2D eigenvalue weighted by molar-refractivity contribution is 0.00694. The Balaban J connectivity index is 1.39. The van der Waals surface area contributed by atoms with Crippen molar-refractivity contribution in [3.05, 3.63) is 74.9 Å². The van der Waals surface area contributed by atoms with Gasteiger partial charge in [-0.1, -0.05) is 72.3 Å². The molecule has 4 aromatic rings. The largest absolute Gasteiger partial charge is 0.508 e. The average molecular weight is 773 g/mol. The molecule has 3 aromatic carbocycles. The third-order valence-electron chi connectivity index (χ3n) is 11.1. The molecule has 0 amide bonds. The maximum atomic E-state index is 14.4. The number of ether oxygens (including phenoxy) is 1. The van der Waals surface area contributed by atoms with Crippen LogP contribution in [0.15, 0.2) is 51.7 Å². The third-order valence-corrected chi connectivity index (χ3v) is 14.6. The monoisotopic (exact) mass is 772 g/mol. The molecule has 1 spiro atoms. The molecule has 5 atom stereocenters. The second-order valence-electron chi connectivity index (χ2n) is 15.4. The van der Waals surface area contributed by atoms with Crippen LogP contribution in [0.25, 0.3) is 22.3 Å². The van der Waals surface area contributed by atoms with Crippen LogP contribution in [0.5, 0.6) is 28.7 Å². The van der Waals surface area contributed by atoms with Crippen molar-refractivity contribution in [1.82, 2.24) is 0 Å². The summed E-state index contributed by atoms with van der Waals surface area (Å²) in [5, 5.41) is 67.8. The number of benzene rings is 3. The Morgan fingerprint density at radius 3 is 2.56 bits per heavy atom. The quantitative estimate of drug-likeness (QED) is 0.0858. The summed E-state index contributed by atoms with van der Waals surface area (Å²) in [5.41, 5.74) is 1.45. The molecule has 1 saturated heterocycles. The van der Waals surface area contributed by atoms with E-state index in [1.807, 2.05) is 19.9 Å². The SMILES string of the molecule is CC(C)Cc1cc(-c2oc3cc(O)c4c(c3c(=O)c2O)OC2CC[C@@H](O)[C@@]3(CCCCC3CC#C4)SSCCC[C@H]2O)cc(Cc2cccc(O)c2)c1O. The summed E-state index contributed by atoms with van der Waals surface area (Å²) in [7, 11) is 3.51. The Kier molecular flexibility index (Phi) is 11.4. The predicted octanol–water partition coefficient (Wildman–Crippen LogP) is 8.18. The topological polar surface area (TPSA) is 161 Å². The van der Waals surface area contributed by atoms with Crippen molar-refractivity contribution in [3.8, 4) is 51.9 Å². The van der Waals surface area contributed by atoms with Gasteiger partial charge < -0.3 is 39.8 Å². The van der Waals surface area contributed by atoms with E-state index in [2.05, 4.69) is 11.8 Å². The Morgan fingerprint density at radius 1 is 0.944 bits per heavy atom. The molecule has 2 fully saturated rings. The van der Waals surface area contributed by atoms with E-state index in [1.165, 1.54) is 6.07 Å². The van der Waals surface area contributed by atoms with Crippen LogP contribution in [-0.4, -0.2) is 59.5 Å². The molecule has 11 heteroatoms. The minimum absolute atomic E-state index is 0.0451. The van der Waals surface area contributed by atoms with Gasteiger partial charge in [-0.3, -0.25) is 4.79 Å². The second kappa shape index (κ2) is 16.0. The Hall–Kier alpha value is -3.95. The molecule has 3 heterocycles. The fourth-order valence-corrected chi connectivity index (χ4v) is 12.0. The first-order valence-electron chi connectivity index (χ1n) is 19.0. The van der Waals surface area contributed by atoms with Gasteiger partial charge in [0.2, 0.25) is 11.2 Å². The lowest BCUT2D eigenvalue weighted by Gasteiger charge is -2.46. The number of aliphatic hydroxyl groups excluding tert-OH is 2. The highest BCUT2D eigenvalue weighted by molar-refractivity contribution is 8.77. The maximum absolute atomic E-state index is 14.4. The molecule has 1 saturated carbocycles. The fraction of sp³-hybridized carbons (Fsp3) is 0.465. The average Bonchev–Trinajstić information content (AvgIpc) is 3.15. The number of phenols is 3. The van der Waals surface area contributed by atoms with Gasteiger partial charge >= 0.3 is 0 Å². The molecule has 3 aliphatic rings. The van der Waals surface area contributed by atoms with Gasteiger partial charge in [-0.2, -0.15) is 0 Å².